The van der Waals surface area contributed by atoms with E-state index in [2.05, 4.69) is 21.1 Å². The van der Waals surface area contributed by atoms with E-state index >= 15 is 0 Å². The Morgan fingerprint density at radius 1 is 1.16 bits per heavy atom. The lowest BCUT2D eigenvalue weighted by Crippen LogP contribution is -2.46. The fourth-order valence-corrected chi connectivity index (χ4v) is 5.03. The number of pyridine rings is 1. The number of hydrogen-bond donors (Lipinski definition) is 1. The molecule has 3 aromatic heterocycles. The maximum Gasteiger partial charge on any atom is 0.255 e. The Balaban J connectivity index is 1.50. The van der Waals surface area contributed by atoms with E-state index in [1.54, 1.807) is 52.1 Å². The first kappa shape index (κ1) is 25.0. The van der Waals surface area contributed by atoms with E-state index in [9.17, 15) is 10.1 Å². The number of fused-ring (bicyclic) bond motifs is 1. The molecule has 0 bridgehead atoms. The van der Waals surface area contributed by atoms with Gasteiger partial charge in [-0.25, -0.2) is 9.50 Å². The van der Waals surface area contributed by atoms with Crippen molar-refractivity contribution in [1.82, 2.24) is 24.5 Å². The number of aromatic nitrogens is 4. The summed E-state index contributed by atoms with van der Waals surface area (Å²) in [5.41, 5.74) is 2.99. The molecular weight excluding hydrogens is 486 g/mol. The minimum absolute atomic E-state index is 0.00733. The highest BCUT2D eigenvalue weighted by molar-refractivity contribution is 5.94. The Hall–Kier alpha value is -4.72. The SMILES string of the molecule is COc1cc(-c2nc3c(C#N)c[nH]n3c2N(C)C2CCN(C(=O)c3cccnc3)CC2)cc(OC)c1OC. The zero-order valence-electron chi connectivity index (χ0n) is 21.8. The number of anilines is 1. The smallest absolute Gasteiger partial charge is 0.255 e. The van der Waals surface area contributed by atoms with E-state index in [-0.39, 0.29) is 11.9 Å². The van der Waals surface area contributed by atoms with Crippen molar-refractivity contribution in [3.8, 4) is 34.6 Å². The van der Waals surface area contributed by atoms with Gasteiger partial charge in [0.05, 0.1) is 26.9 Å². The molecule has 38 heavy (non-hydrogen) atoms. The summed E-state index contributed by atoms with van der Waals surface area (Å²) in [4.78, 5) is 25.9. The summed E-state index contributed by atoms with van der Waals surface area (Å²) in [6.07, 6.45) is 6.46. The molecule has 0 aliphatic carbocycles. The highest BCUT2D eigenvalue weighted by Gasteiger charge is 2.31. The minimum Gasteiger partial charge on any atom is -0.493 e. The molecule has 5 rings (SSSR count). The number of methoxy groups -OCH3 is 3. The monoisotopic (exact) mass is 515 g/mol. The van der Waals surface area contributed by atoms with Crippen LogP contribution in [0.25, 0.3) is 16.9 Å². The molecule has 11 nitrogen and oxygen atoms in total. The summed E-state index contributed by atoms with van der Waals surface area (Å²) in [6, 6.07) is 9.61. The van der Waals surface area contributed by atoms with Gasteiger partial charge in [-0.1, -0.05) is 0 Å². The lowest BCUT2D eigenvalue weighted by molar-refractivity contribution is 0.0712. The number of nitrogens with zero attached hydrogens (tertiary/aromatic N) is 6. The first-order valence-electron chi connectivity index (χ1n) is 12.2. The van der Waals surface area contributed by atoms with Gasteiger partial charge in [0, 0.05) is 50.3 Å². The van der Waals surface area contributed by atoms with Crippen molar-refractivity contribution in [2.45, 2.75) is 18.9 Å². The van der Waals surface area contributed by atoms with Crippen molar-refractivity contribution >= 4 is 17.4 Å². The zero-order chi connectivity index (χ0) is 26.8. The van der Waals surface area contributed by atoms with E-state index in [0.717, 1.165) is 24.2 Å². The number of hydrogen-bond acceptors (Lipinski definition) is 8. The van der Waals surface area contributed by atoms with Crippen molar-refractivity contribution in [2.75, 3.05) is 46.4 Å². The molecule has 0 saturated carbocycles. The van der Waals surface area contributed by atoms with Gasteiger partial charge in [-0.3, -0.25) is 14.9 Å². The van der Waals surface area contributed by atoms with E-state index < -0.39 is 0 Å². The molecule has 1 saturated heterocycles. The van der Waals surface area contributed by atoms with Gasteiger partial charge in [0.25, 0.3) is 5.91 Å². The second kappa shape index (κ2) is 10.3. The molecule has 1 amide bonds. The van der Waals surface area contributed by atoms with Crippen LogP contribution in [0, 0.1) is 11.3 Å². The summed E-state index contributed by atoms with van der Waals surface area (Å²) < 4.78 is 18.5. The van der Waals surface area contributed by atoms with E-state index in [0.29, 0.717) is 52.8 Å². The van der Waals surface area contributed by atoms with Crippen LogP contribution in [0.3, 0.4) is 0 Å². The van der Waals surface area contributed by atoms with Gasteiger partial charge in [0.2, 0.25) is 5.75 Å². The first-order chi connectivity index (χ1) is 18.5. The normalized spacial score (nSPS) is 13.8. The summed E-state index contributed by atoms with van der Waals surface area (Å²) in [5.74, 6) is 2.30. The van der Waals surface area contributed by atoms with E-state index in [1.807, 2.05) is 28.6 Å². The van der Waals surface area contributed by atoms with Crippen molar-refractivity contribution in [3.63, 3.8) is 0 Å². The molecule has 11 heteroatoms. The number of piperidine rings is 1. The number of imidazole rings is 1. The van der Waals surface area contributed by atoms with Crippen LogP contribution in [-0.4, -0.2) is 77.9 Å². The summed E-state index contributed by atoms with van der Waals surface area (Å²) in [6.45, 7) is 1.25. The number of amides is 1. The Kier molecular flexibility index (Phi) is 6.79. The highest BCUT2D eigenvalue weighted by atomic mass is 16.5. The summed E-state index contributed by atoms with van der Waals surface area (Å²) in [5, 5.41) is 12.8. The molecule has 4 aromatic rings. The lowest BCUT2D eigenvalue weighted by Gasteiger charge is -2.37. The van der Waals surface area contributed by atoms with Crippen LogP contribution in [0.5, 0.6) is 17.2 Å². The van der Waals surface area contributed by atoms with Crippen LogP contribution >= 0.6 is 0 Å². The topological polar surface area (TPSA) is 121 Å². The Morgan fingerprint density at radius 2 is 1.87 bits per heavy atom. The van der Waals surface area contributed by atoms with Gasteiger partial charge in [-0.05, 0) is 37.1 Å². The van der Waals surface area contributed by atoms with Gasteiger partial charge in [-0.15, -0.1) is 0 Å². The molecule has 1 aliphatic rings. The van der Waals surface area contributed by atoms with E-state index in [1.165, 1.54) is 0 Å². The quantitative estimate of drug-likeness (QED) is 0.398. The number of nitriles is 1. The number of rotatable bonds is 7. The third-order valence-electron chi connectivity index (χ3n) is 7.03. The predicted octanol–water partition coefficient (Wildman–Crippen LogP) is 3.36. The highest BCUT2D eigenvalue weighted by Crippen LogP contribution is 2.43. The van der Waals surface area contributed by atoms with Crippen LogP contribution in [0.15, 0.2) is 42.9 Å². The Bertz CT molecular complexity index is 1470. The predicted molar refractivity (Wildman–Crippen MR) is 141 cm³/mol. The van der Waals surface area contributed by atoms with Gasteiger partial charge in [0.1, 0.15) is 17.3 Å². The second-order valence-electron chi connectivity index (χ2n) is 9.03. The number of carbonyl (C=O) groups excluding carboxylic acids is 1. The number of aromatic amines is 1. The van der Waals surface area contributed by atoms with Gasteiger partial charge >= 0.3 is 0 Å². The molecule has 1 aliphatic heterocycles. The molecular formula is C27H29N7O4. The first-order valence-corrected chi connectivity index (χ1v) is 12.2. The van der Waals surface area contributed by atoms with E-state index in [4.69, 9.17) is 19.2 Å². The van der Waals surface area contributed by atoms with Crippen molar-refractivity contribution in [2.24, 2.45) is 0 Å². The average Bonchev–Trinajstić information content (AvgIpc) is 3.55. The minimum atomic E-state index is -0.00733. The molecule has 1 N–H and O–H groups in total. The average molecular weight is 516 g/mol. The van der Waals surface area contributed by atoms with Crippen LogP contribution in [0.1, 0.15) is 28.8 Å². The molecule has 4 heterocycles. The lowest BCUT2D eigenvalue weighted by atomic mass is 10.0. The molecule has 0 unspecified atom stereocenters. The van der Waals surface area contributed by atoms with Crippen molar-refractivity contribution < 1.29 is 19.0 Å². The fourth-order valence-electron chi connectivity index (χ4n) is 5.03. The third-order valence-corrected chi connectivity index (χ3v) is 7.03. The van der Waals surface area contributed by atoms with Gasteiger partial charge < -0.3 is 24.0 Å². The number of ether oxygens (including phenoxy) is 3. The summed E-state index contributed by atoms with van der Waals surface area (Å²) >= 11 is 0. The number of likely N-dealkylation sites (tertiary alicyclic amines) is 1. The molecule has 0 spiro atoms. The standard InChI is InChI=1S/C27H29N7O4/c1-32(20-7-10-33(11-8-20)27(35)17-6-5-9-29-15-17)26-23(31-25-19(14-28)16-30-34(25)26)18-12-21(36-2)24(38-4)22(13-18)37-3/h5-6,9,12-13,15-16,20,30H,7-8,10-11H2,1-4H3. The number of nitrogens with one attached hydrogen (secondary N) is 1. The van der Waals surface area contributed by atoms with Crippen LogP contribution in [-0.2, 0) is 0 Å². The zero-order valence-corrected chi connectivity index (χ0v) is 21.8. The maximum absolute atomic E-state index is 12.9. The molecule has 1 fully saturated rings. The Morgan fingerprint density at radius 3 is 2.45 bits per heavy atom. The molecule has 0 radical (unpaired) electrons. The van der Waals surface area contributed by atoms with Gasteiger partial charge in [0.15, 0.2) is 23.0 Å². The number of H-pyrrole nitrogens is 1. The van der Waals surface area contributed by atoms with Crippen molar-refractivity contribution in [1.29, 1.82) is 5.26 Å². The maximum atomic E-state index is 12.9. The summed E-state index contributed by atoms with van der Waals surface area (Å²) in [7, 11) is 6.71. The fraction of sp³-hybridized carbons (Fsp3) is 0.333. The van der Waals surface area contributed by atoms with Crippen LogP contribution in [0.4, 0.5) is 5.82 Å². The molecule has 0 atom stereocenters. The Labute approximate surface area is 220 Å². The largest absolute Gasteiger partial charge is 0.493 e. The number of benzene rings is 1. The third kappa shape index (κ3) is 4.24. The van der Waals surface area contributed by atoms with Crippen LogP contribution in [0.2, 0.25) is 0 Å². The van der Waals surface area contributed by atoms with Gasteiger partial charge in [-0.2, -0.15) is 5.26 Å². The molecule has 196 valence electrons. The molecule has 1 aromatic carbocycles. The van der Waals surface area contributed by atoms with Crippen molar-refractivity contribution in [3.05, 3.63) is 54.0 Å². The number of carbonyl (C=O) groups is 1. The van der Waals surface area contributed by atoms with Crippen LogP contribution < -0.4 is 19.1 Å². The second-order valence-corrected chi connectivity index (χ2v) is 9.03.